The number of amides is 1. The van der Waals surface area contributed by atoms with E-state index in [1.165, 1.54) is 11.8 Å². The molecular formula is C15H20N4O3S. The molecule has 0 unspecified atom stereocenters. The number of thioether (sulfide) groups is 1. The first-order valence-electron chi connectivity index (χ1n) is 7.51. The molecule has 2 heterocycles. The average molecular weight is 336 g/mol. The lowest BCUT2D eigenvalue weighted by atomic mass is 10.1. The van der Waals surface area contributed by atoms with Gasteiger partial charge in [-0.1, -0.05) is 37.2 Å². The quantitative estimate of drug-likeness (QED) is 0.594. The number of hydrogen-bond acceptors (Lipinski definition) is 6. The summed E-state index contributed by atoms with van der Waals surface area (Å²) in [5.41, 5.74) is 1.41. The van der Waals surface area contributed by atoms with Crippen molar-refractivity contribution in [2.45, 2.75) is 45.2 Å². The number of aromatic nitrogens is 3. The van der Waals surface area contributed by atoms with Crippen molar-refractivity contribution in [3.05, 3.63) is 33.4 Å². The Morgan fingerprint density at radius 1 is 1.43 bits per heavy atom. The molecule has 0 radical (unpaired) electrons. The Balaban J connectivity index is 2.02. The van der Waals surface area contributed by atoms with E-state index >= 15 is 0 Å². The van der Waals surface area contributed by atoms with E-state index in [1.807, 2.05) is 13.8 Å². The largest absolute Gasteiger partial charge is 0.360 e. The third-order valence-electron chi connectivity index (χ3n) is 3.16. The topological polar surface area (TPSA) is 101 Å². The fraction of sp³-hybridized carbons (Fsp3) is 0.467. The van der Waals surface area contributed by atoms with Crippen molar-refractivity contribution >= 4 is 23.5 Å². The maximum atomic E-state index is 12.1. The number of nitrogens with one attached hydrogen (secondary N) is 2. The van der Waals surface area contributed by atoms with Crippen LogP contribution in [0.4, 0.5) is 5.82 Å². The van der Waals surface area contributed by atoms with Crippen LogP contribution in [0.15, 0.2) is 20.5 Å². The predicted molar refractivity (Wildman–Crippen MR) is 88.8 cm³/mol. The van der Waals surface area contributed by atoms with Gasteiger partial charge in [-0.15, -0.1) is 0 Å². The third kappa shape index (κ3) is 4.69. The second kappa shape index (κ2) is 7.96. The first kappa shape index (κ1) is 17.3. The van der Waals surface area contributed by atoms with Crippen LogP contribution in [-0.2, 0) is 17.6 Å². The van der Waals surface area contributed by atoms with E-state index < -0.39 is 0 Å². The number of H-pyrrole nitrogens is 1. The molecule has 7 nitrogen and oxygen atoms in total. The number of carbonyl (C=O) groups is 1. The molecule has 2 aromatic rings. The summed E-state index contributed by atoms with van der Waals surface area (Å²) >= 11 is 1.19. The molecule has 0 aliphatic rings. The molecule has 0 fully saturated rings. The normalized spacial score (nSPS) is 10.7. The van der Waals surface area contributed by atoms with Crippen molar-refractivity contribution in [3.8, 4) is 0 Å². The number of nitrogens with zero attached hydrogens (tertiary/aromatic N) is 2. The fourth-order valence-electron chi connectivity index (χ4n) is 2.14. The van der Waals surface area contributed by atoms with Gasteiger partial charge in [0.15, 0.2) is 11.0 Å². The summed E-state index contributed by atoms with van der Waals surface area (Å²) < 4.78 is 4.88. The van der Waals surface area contributed by atoms with Gasteiger partial charge in [0, 0.05) is 11.6 Å². The Morgan fingerprint density at radius 2 is 2.22 bits per heavy atom. The van der Waals surface area contributed by atoms with Crippen molar-refractivity contribution in [3.63, 3.8) is 0 Å². The number of hydrogen-bond donors (Lipinski definition) is 2. The molecule has 0 spiro atoms. The van der Waals surface area contributed by atoms with E-state index in [0.29, 0.717) is 23.2 Å². The van der Waals surface area contributed by atoms with E-state index in [4.69, 9.17) is 4.52 Å². The molecule has 23 heavy (non-hydrogen) atoms. The minimum Gasteiger partial charge on any atom is -0.360 e. The van der Waals surface area contributed by atoms with Gasteiger partial charge < -0.3 is 14.8 Å². The van der Waals surface area contributed by atoms with Gasteiger partial charge in [0.2, 0.25) is 5.91 Å². The molecule has 0 aliphatic carbocycles. The fourth-order valence-corrected chi connectivity index (χ4v) is 2.82. The van der Waals surface area contributed by atoms with Gasteiger partial charge in [-0.25, -0.2) is 4.98 Å². The monoisotopic (exact) mass is 336 g/mol. The van der Waals surface area contributed by atoms with Gasteiger partial charge in [0.1, 0.15) is 5.76 Å². The predicted octanol–water partition coefficient (Wildman–Crippen LogP) is 2.31. The smallest absolute Gasteiger partial charge is 0.254 e. The Hall–Kier alpha value is -2.09. The van der Waals surface area contributed by atoms with Gasteiger partial charge in [0.25, 0.3) is 5.56 Å². The third-order valence-corrected chi connectivity index (χ3v) is 4.03. The zero-order chi connectivity index (χ0) is 16.8. The first-order valence-corrected chi connectivity index (χ1v) is 8.50. The number of aromatic amines is 1. The summed E-state index contributed by atoms with van der Waals surface area (Å²) in [4.78, 5) is 31.2. The molecule has 0 saturated heterocycles. The van der Waals surface area contributed by atoms with Gasteiger partial charge in [-0.05, 0) is 19.8 Å². The zero-order valence-corrected chi connectivity index (χ0v) is 14.2. The molecule has 124 valence electrons. The minimum atomic E-state index is -0.234. The van der Waals surface area contributed by atoms with Gasteiger partial charge >= 0.3 is 0 Å². The van der Waals surface area contributed by atoms with E-state index in [9.17, 15) is 9.59 Å². The van der Waals surface area contributed by atoms with Crippen LogP contribution in [0.25, 0.3) is 0 Å². The molecule has 8 heteroatoms. The maximum Gasteiger partial charge on any atom is 0.254 e. The highest BCUT2D eigenvalue weighted by molar-refractivity contribution is 7.99. The van der Waals surface area contributed by atoms with Crippen LogP contribution in [0.3, 0.4) is 0 Å². The number of rotatable bonds is 7. The van der Waals surface area contributed by atoms with Crippen LogP contribution in [-0.4, -0.2) is 26.8 Å². The summed E-state index contributed by atoms with van der Waals surface area (Å²) in [6, 6.07) is 1.64. The van der Waals surface area contributed by atoms with Crippen molar-refractivity contribution in [2.24, 2.45) is 0 Å². The Bertz CT molecular complexity index is 739. The van der Waals surface area contributed by atoms with Crippen LogP contribution in [0, 0.1) is 6.92 Å². The van der Waals surface area contributed by atoms with Crippen LogP contribution in [0.2, 0.25) is 0 Å². The lowest BCUT2D eigenvalue weighted by Crippen LogP contribution is -2.19. The van der Waals surface area contributed by atoms with Crippen molar-refractivity contribution in [1.82, 2.24) is 15.1 Å². The molecule has 0 aliphatic heterocycles. The number of aryl methyl sites for hydroxylation is 2. The van der Waals surface area contributed by atoms with E-state index in [1.54, 1.807) is 13.0 Å². The number of anilines is 1. The SMILES string of the molecule is CCCc1nc(SCC(=O)Nc2cc(C)on2)[nH]c(=O)c1CC. The summed E-state index contributed by atoms with van der Waals surface area (Å²) in [7, 11) is 0. The van der Waals surface area contributed by atoms with Crippen molar-refractivity contribution in [1.29, 1.82) is 0 Å². The van der Waals surface area contributed by atoms with Crippen LogP contribution >= 0.6 is 11.8 Å². The first-order chi connectivity index (χ1) is 11.0. The average Bonchev–Trinajstić information content (AvgIpc) is 2.90. The highest BCUT2D eigenvalue weighted by Gasteiger charge is 2.12. The lowest BCUT2D eigenvalue weighted by Gasteiger charge is -2.07. The lowest BCUT2D eigenvalue weighted by molar-refractivity contribution is -0.113. The van der Waals surface area contributed by atoms with Crippen molar-refractivity contribution < 1.29 is 9.32 Å². The van der Waals surface area contributed by atoms with Gasteiger partial charge in [0.05, 0.1) is 11.4 Å². The molecule has 0 aromatic carbocycles. The van der Waals surface area contributed by atoms with Crippen LogP contribution < -0.4 is 10.9 Å². The summed E-state index contributed by atoms with van der Waals surface area (Å²) in [5, 5.41) is 6.78. The summed E-state index contributed by atoms with van der Waals surface area (Å²) in [6.45, 7) is 5.73. The molecule has 2 N–H and O–H groups in total. The van der Waals surface area contributed by atoms with Crippen molar-refractivity contribution in [2.75, 3.05) is 11.1 Å². The maximum absolute atomic E-state index is 12.1. The highest BCUT2D eigenvalue weighted by atomic mass is 32.2. The van der Waals surface area contributed by atoms with E-state index in [0.717, 1.165) is 24.1 Å². The summed E-state index contributed by atoms with van der Waals surface area (Å²) in [5.74, 6) is 0.898. The summed E-state index contributed by atoms with van der Waals surface area (Å²) in [6.07, 6.45) is 2.32. The number of carbonyl (C=O) groups excluding carboxylic acids is 1. The van der Waals surface area contributed by atoms with E-state index in [-0.39, 0.29) is 17.2 Å². The molecule has 2 aromatic heterocycles. The Morgan fingerprint density at radius 3 is 2.83 bits per heavy atom. The molecule has 1 amide bonds. The Labute approximate surface area is 138 Å². The van der Waals surface area contributed by atoms with Gasteiger partial charge in [-0.3, -0.25) is 9.59 Å². The molecular weight excluding hydrogens is 316 g/mol. The molecule has 0 bridgehead atoms. The molecule has 0 saturated carbocycles. The zero-order valence-electron chi connectivity index (χ0n) is 13.4. The van der Waals surface area contributed by atoms with Gasteiger partial charge in [-0.2, -0.15) is 0 Å². The minimum absolute atomic E-state index is 0.124. The second-order valence-corrected chi connectivity index (χ2v) is 6.02. The molecule has 0 atom stereocenters. The van der Waals surface area contributed by atoms with Crippen LogP contribution in [0.5, 0.6) is 0 Å². The van der Waals surface area contributed by atoms with E-state index in [2.05, 4.69) is 20.4 Å². The Kier molecular flexibility index (Phi) is 5.97. The highest BCUT2D eigenvalue weighted by Crippen LogP contribution is 2.15. The van der Waals surface area contributed by atoms with Crippen LogP contribution in [0.1, 0.15) is 37.3 Å². The molecule has 2 rings (SSSR count). The standard InChI is InChI=1S/C15H20N4O3S/c1-4-6-11-10(5-2)14(21)18-15(16-11)23-8-13(20)17-12-7-9(3)22-19-12/h7H,4-6,8H2,1-3H3,(H,16,18,21)(H,17,19,20). The second-order valence-electron chi connectivity index (χ2n) is 5.06.